The van der Waals surface area contributed by atoms with Crippen molar-refractivity contribution >= 4 is 5.97 Å². The van der Waals surface area contributed by atoms with Gasteiger partial charge in [0.05, 0.1) is 0 Å². The third kappa shape index (κ3) is 1.58. The molecule has 1 aliphatic heterocycles. The number of carboxylic acids is 1. The highest BCUT2D eigenvalue weighted by Crippen LogP contribution is 2.24. The molecule has 70 valence electrons. The molecular formula is C9H12N2O2. The third-order valence-electron chi connectivity index (χ3n) is 2.44. The zero-order valence-electron chi connectivity index (χ0n) is 7.16. The third-order valence-corrected chi connectivity index (χ3v) is 2.44. The van der Waals surface area contributed by atoms with Gasteiger partial charge in [0.15, 0.2) is 0 Å². The highest BCUT2D eigenvalue weighted by atomic mass is 16.4. The van der Waals surface area contributed by atoms with E-state index >= 15 is 0 Å². The van der Waals surface area contributed by atoms with Crippen molar-refractivity contribution in [1.29, 1.82) is 0 Å². The summed E-state index contributed by atoms with van der Waals surface area (Å²) in [5.74, 6) is -0.756. The second-order valence-corrected chi connectivity index (χ2v) is 3.31. The highest BCUT2D eigenvalue weighted by Gasteiger charge is 2.29. The molecule has 0 unspecified atom stereocenters. The monoisotopic (exact) mass is 180 g/mol. The average molecular weight is 180 g/mol. The Balaban J connectivity index is 2.03. The van der Waals surface area contributed by atoms with E-state index < -0.39 is 5.97 Å². The first-order chi connectivity index (χ1) is 6.27. The van der Waals surface area contributed by atoms with Crippen LogP contribution in [0.15, 0.2) is 18.3 Å². The van der Waals surface area contributed by atoms with Crippen LogP contribution >= 0.6 is 0 Å². The van der Waals surface area contributed by atoms with Crippen LogP contribution in [0.25, 0.3) is 0 Å². The molecule has 1 aromatic heterocycles. The molecule has 1 saturated heterocycles. The van der Waals surface area contributed by atoms with Crippen LogP contribution in [0, 0.1) is 0 Å². The van der Waals surface area contributed by atoms with E-state index in [-0.39, 0.29) is 12.1 Å². The van der Waals surface area contributed by atoms with Crippen LogP contribution in [0.5, 0.6) is 0 Å². The first kappa shape index (κ1) is 8.31. The predicted molar refractivity (Wildman–Crippen MR) is 47.3 cm³/mol. The van der Waals surface area contributed by atoms with Gasteiger partial charge in [0.1, 0.15) is 6.04 Å². The van der Waals surface area contributed by atoms with Crippen LogP contribution in [0.2, 0.25) is 0 Å². The summed E-state index contributed by atoms with van der Waals surface area (Å²) in [7, 11) is 0. The minimum atomic E-state index is -0.756. The van der Waals surface area contributed by atoms with Gasteiger partial charge in [-0.2, -0.15) is 0 Å². The van der Waals surface area contributed by atoms with E-state index in [2.05, 4.69) is 10.3 Å². The predicted octanol–water partition coefficient (Wildman–Crippen LogP) is 0.892. The fraction of sp³-hybridized carbons (Fsp3) is 0.444. The number of aromatic amines is 1. The maximum absolute atomic E-state index is 10.6. The second kappa shape index (κ2) is 3.22. The molecule has 0 spiro atoms. The molecule has 13 heavy (non-hydrogen) atoms. The van der Waals surface area contributed by atoms with E-state index in [9.17, 15) is 4.79 Å². The topological polar surface area (TPSA) is 65.1 Å². The summed E-state index contributed by atoms with van der Waals surface area (Å²) in [6.07, 6.45) is 3.45. The summed E-state index contributed by atoms with van der Waals surface area (Å²) in [5, 5.41) is 11.8. The summed E-state index contributed by atoms with van der Waals surface area (Å²) >= 11 is 0. The van der Waals surface area contributed by atoms with Crippen LogP contribution in [-0.4, -0.2) is 22.1 Å². The summed E-state index contributed by atoms with van der Waals surface area (Å²) in [6, 6.07) is 3.69. The Labute approximate surface area is 76.0 Å². The zero-order valence-corrected chi connectivity index (χ0v) is 7.16. The summed E-state index contributed by atoms with van der Waals surface area (Å²) in [4.78, 5) is 13.7. The number of aromatic nitrogens is 1. The Morgan fingerprint density at radius 1 is 1.54 bits per heavy atom. The van der Waals surface area contributed by atoms with Gasteiger partial charge in [-0.1, -0.05) is 0 Å². The molecule has 0 radical (unpaired) electrons. The van der Waals surface area contributed by atoms with E-state index in [1.54, 1.807) is 0 Å². The molecule has 1 fully saturated rings. The van der Waals surface area contributed by atoms with Gasteiger partial charge in [-0.15, -0.1) is 0 Å². The minimum absolute atomic E-state index is 0.177. The van der Waals surface area contributed by atoms with Gasteiger partial charge in [0.25, 0.3) is 0 Å². The fourth-order valence-electron chi connectivity index (χ4n) is 1.74. The number of aliphatic carboxylic acids is 1. The first-order valence-corrected chi connectivity index (χ1v) is 4.39. The van der Waals surface area contributed by atoms with Crippen molar-refractivity contribution in [1.82, 2.24) is 10.3 Å². The molecule has 0 bridgehead atoms. The van der Waals surface area contributed by atoms with E-state index in [1.807, 2.05) is 18.3 Å². The van der Waals surface area contributed by atoms with Gasteiger partial charge >= 0.3 is 5.97 Å². The van der Waals surface area contributed by atoms with E-state index in [0.717, 1.165) is 12.1 Å². The molecule has 4 heteroatoms. The Morgan fingerprint density at radius 2 is 2.38 bits per heavy atom. The summed E-state index contributed by atoms with van der Waals surface area (Å²) < 4.78 is 0. The number of rotatable bonds is 2. The van der Waals surface area contributed by atoms with Crippen LogP contribution in [-0.2, 0) is 4.79 Å². The number of carboxylic acid groups (broad SMARTS) is 1. The molecular weight excluding hydrogens is 168 g/mol. The van der Waals surface area contributed by atoms with Crippen molar-refractivity contribution in [3.63, 3.8) is 0 Å². The van der Waals surface area contributed by atoms with E-state index in [4.69, 9.17) is 5.11 Å². The Bertz CT molecular complexity index is 295. The number of carbonyl (C=O) groups is 1. The lowest BCUT2D eigenvalue weighted by atomic mass is 10.1. The van der Waals surface area contributed by atoms with Crippen molar-refractivity contribution in [3.05, 3.63) is 24.0 Å². The molecule has 2 heterocycles. The van der Waals surface area contributed by atoms with Gasteiger partial charge in [-0.3, -0.25) is 10.1 Å². The number of hydrogen-bond donors (Lipinski definition) is 3. The van der Waals surface area contributed by atoms with Crippen LogP contribution in [0.1, 0.15) is 24.6 Å². The molecule has 0 aromatic carbocycles. The van der Waals surface area contributed by atoms with Crippen LogP contribution in [0.3, 0.4) is 0 Å². The molecule has 3 N–H and O–H groups in total. The molecule has 1 aliphatic rings. The van der Waals surface area contributed by atoms with Gasteiger partial charge in [-0.25, -0.2) is 0 Å². The van der Waals surface area contributed by atoms with E-state index in [1.165, 1.54) is 0 Å². The SMILES string of the molecule is O=C(O)[C@H]1CC[C@@H](c2ccc[nH]2)N1. The van der Waals surface area contributed by atoms with Gasteiger partial charge in [0.2, 0.25) is 0 Å². The highest BCUT2D eigenvalue weighted by molar-refractivity contribution is 5.73. The number of hydrogen-bond acceptors (Lipinski definition) is 2. The van der Waals surface area contributed by atoms with Gasteiger partial charge in [0, 0.05) is 17.9 Å². The first-order valence-electron chi connectivity index (χ1n) is 4.39. The van der Waals surface area contributed by atoms with Crippen LogP contribution < -0.4 is 5.32 Å². The van der Waals surface area contributed by atoms with Crippen molar-refractivity contribution in [2.75, 3.05) is 0 Å². The second-order valence-electron chi connectivity index (χ2n) is 3.31. The summed E-state index contributed by atoms with van der Waals surface area (Å²) in [6.45, 7) is 0. The molecule has 1 aromatic rings. The lowest BCUT2D eigenvalue weighted by Gasteiger charge is -2.09. The largest absolute Gasteiger partial charge is 0.480 e. The smallest absolute Gasteiger partial charge is 0.320 e. The van der Waals surface area contributed by atoms with Gasteiger partial charge < -0.3 is 10.1 Å². The van der Waals surface area contributed by atoms with Crippen LogP contribution in [0.4, 0.5) is 0 Å². The Hall–Kier alpha value is -1.29. The number of nitrogens with one attached hydrogen (secondary N) is 2. The van der Waals surface area contributed by atoms with Crippen molar-refractivity contribution in [3.8, 4) is 0 Å². The normalized spacial score (nSPS) is 27.7. The molecule has 4 nitrogen and oxygen atoms in total. The number of H-pyrrole nitrogens is 1. The zero-order chi connectivity index (χ0) is 9.26. The van der Waals surface area contributed by atoms with Gasteiger partial charge in [-0.05, 0) is 25.0 Å². The molecule has 0 amide bonds. The fourth-order valence-corrected chi connectivity index (χ4v) is 1.74. The lowest BCUT2D eigenvalue weighted by Crippen LogP contribution is -2.31. The average Bonchev–Trinajstić information content (AvgIpc) is 2.75. The minimum Gasteiger partial charge on any atom is -0.480 e. The molecule has 0 saturated carbocycles. The Kier molecular flexibility index (Phi) is 2.06. The van der Waals surface area contributed by atoms with Crippen molar-refractivity contribution in [2.24, 2.45) is 0 Å². The maximum Gasteiger partial charge on any atom is 0.320 e. The molecule has 2 atom stereocenters. The maximum atomic E-state index is 10.6. The lowest BCUT2D eigenvalue weighted by molar-refractivity contribution is -0.139. The standard InChI is InChI=1S/C9H12N2O2/c12-9(13)8-4-3-7(11-8)6-2-1-5-10-6/h1-2,5,7-8,10-11H,3-4H2,(H,12,13)/t7-,8+/m0/s1. The van der Waals surface area contributed by atoms with Crippen molar-refractivity contribution < 1.29 is 9.90 Å². The molecule has 2 rings (SSSR count). The Morgan fingerprint density at radius 3 is 2.92 bits per heavy atom. The summed E-state index contributed by atoms with van der Waals surface area (Å²) in [5.41, 5.74) is 1.07. The van der Waals surface area contributed by atoms with Crippen molar-refractivity contribution in [2.45, 2.75) is 24.9 Å². The quantitative estimate of drug-likeness (QED) is 0.633. The van der Waals surface area contributed by atoms with E-state index in [0.29, 0.717) is 6.42 Å². The molecule has 0 aliphatic carbocycles.